The predicted octanol–water partition coefficient (Wildman–Crippen LogP) is 3.66. The zero-order valence-electron chi connectivity index (χ0n) is 16.3. The Labute approximate surface area is 173 Å². The summed E-state index contributed by atoms with van der Waals surface area (Å²) in [5, 5.41) is 19.8. The number of nitrogens with zero attached hydrogens (tertiary/aromatic N) is 3. The van der Waals surface area contributed by atoms with Crippen LogP contribution in [-0.4, -0.2) is 32.3 Å². The van der Waals surface area contributed by atoms with Gasteiger partial charge in [-0.2, -0.15) is 0 Å². The molecule has 0 unspecified atom stereocenters. The Morgan fingerprint density at radius 3 is 1.90 bits per heavy atom. The lowest BCUT2D eigenvalue weighted by atomic mass is 10.1. The summed E-state index contributed by atoms with van der Waals surface area (Å²) in [7, 11) is 1.53. The van der Waals surface area contributed by atoms with Crippen molar-refractivity contribution in [3.05, 3.63) is 72.3 Å². The number of aliphatic hydroxyl groups is 1. The summed E-state index contributed by atoms with van der Waals surface area (Å²) in [4.78, 5) is 13.8. The van der Waals surface area contributed by atoms with Crippen LogP contribution in [0.5, 0.6) is 11.5 Å². The number of benzene rings is 3. The molecule has 7 heteroatoms. The third-order valence-electron chi connectivity index (χ3n) is 4.64. The van der Waals surface area contributed by atoms with Crippen LogP contribution in [0.1, 0.15) is 5.56 Å². The van der Waals surface area contributed by atoms with Crippen LogP contribution in [0.15, 0.2) is 66.7 Å². The van der Waals surface area contributed by atoms with Crippen LogP contribution in [0.3, 0.4) is 0 Å². The molecular weight excluding hydrogens is 380 g/mol. The fourth-order valence-electron chi connectivity index (χ4n) is 2.97. The molecule has 30 heavy (non-hydrogen) atoms. The van der Waals surface area contributed by atoms with E-state index >= 15 is 0 Å². The maximum absolute atomic E-state index is 10.5. The van der Waals surface area contributed by atoms with Crippen molar-refractivity contribution < 1.29 is 14.9 Å². The molecule has 0 spiro atoms. The average molecular weight is 400 g/mol. The van der Waals surface area contributed by atoms with Crippen LogP contribution in [0, 0.1) is 0 Å². The van der Waals surface area contributed by atoms with Gasteiger partial charge >= 0.3 is 0 Å². The molecule has 0 atom stereocenters. The molecule has 0 aliphatic heterocycles. The number of nitrogen functional groups attached to an aromatic ring is 1. The molecule has 1 aromatic heterocycles. The lowest BCUT2D eigenvalue weighted by Crippen LogP contribution is -2.00. The summed E-state index contributed by atoms with van der Waals surface area (Å²) >= 11 is 0. The number of aliphatic hydroxyl groups excluding tert-OH is 1. The van der Waals surface area contributed by atoms with Crippen LogP contribution in [0.4, 0.5) is 5.69 Å². The number of hydrogen-bond donors (Lipinski definition) is 3. The predicted molar refractivity (Wildman–Crippen MR) is 115 cm³/mol. The molecule has 4 aromatic rings. The van der Waals surface area contributed by atoms with Gasteiger partial charge in [-0.05, 0) is 42.0 Å². The van der Waals surface area contributed by atoms with Crippen molar-refractivity contribution in [3.8, 4) is 45.7 Å². The Hall–Kier alpha value is -3.97. The molecule has 150 valence electrons. The zero-order chi connectivity index (χ0) is 21.1. The van der Waals surface area contributed by atoms with Gasteiger partial charge in [-0.25, -0.2) is 15.0 Å². The summed E-state index contributed by atoms with van der Waals surface area (Å²) in [5.41, 5.74) is 9.23. The molecule has 0 aliphatic rings. The first-order valence-corrected chi connectivity index (χ1v) is 9.27. The topological polar surface area (TPSA) is 114 Å². The fraction of sp³-hybridized carbons (Fsp3) is 0.0870. The number of phenolic OH excluding ortho intramolecular Hbond substituents is 1. The number of rotatable bonds is 5. The molecule has 0 bridgehead atoms. The first kappa shape index (κ1) is 19.4. The van der Waals surface area contributed by atoms with E-state index < -0.39 is 0 Å². The summed E-state index contributed by atoms with van der Waals surface area (Å²) in [6.45, 7) is -0.0425. The second kappa shape index (κ2) is 8.18. The first-order valence-electron chi connectivity index (χ1n) is 9.27. The molecule has 7 nitrogen and oxygen atoms in total. The number of aromatic hydroxyl groups is 1. The Morgan fingerprint density at radius 2 is 1.37 bits per heavy atom. The Bertz CT molecular complexity index is 1180. The lowest BCUT2D eigenvalue weighted by Gasteiger charge is -2.10. The van der Waals surface area contributed by atoms with Gasteiger partial charge in [-0.1, -0.05) is 24.3 Å². The van der Waals surface area contributed by atoms with Gasteiger partial charge in [0.05, 0.1) is 19.3 Å². The van der Waals surface area contributed by atoms with E-state index in [-0.39, 0.29) is 12.4 Å². The highest BCUT2D eigenvalue weighted by Crippen LogP contribution is 2.32. The highest BCUT2D eigenvalue weighted by atomic mass is 16.5. The Kier molecular flexibility index (Phi) is 5.28. The van der Waals surface area contributed by atoms with E-state index in [9.17, 15) is 10.2 Å². The van der Waals surface area contributed by atoms with Crippen LogP contribution < -0.4 is 10.5 Å². The van der Waals surface area contributed by atoms with Crippen LogP contribution in [-0.2, 0) is 6.61 Å². The summed E-state index contributed by atoms with van der Waals surface area (Å²) < 4.78 is 5.16. The number of anilines is 1. The molecule has 4 N–H and O–H groups in total. The molecule has 0 radical (unpaired) electrons. The first-order chi connectivity index (χ1) is 14.6. The standard InChI is InChI=1S/C23H20N4O3/c1-30-18-10-11-19(20(29)12-18)23-26-21(15-4-2-14(13-28)3-5-15)25-22(27-23)16-6-8-17(24)9-7-16/h2-12,28-29H,13,24H2,1H3. The monoisotopic (exact) mass is 400 g/mol. The van der Waals surface area contributed by atoms with E-state index in [4.69, 9.17) is 10.5 Å². The highest BCUT2D eigenvalue weighted by molar-refractivity contribution is 5.70. The van der Waals surface area contributed by atoms with E-state index in [1.165, 1.54) is 13.2 Å². The van der Waals surface area contributed by atoms with Crippen LogP contribution >= 0.6 is 0 Å². The van der Waals surface area contributed by atoms with E-state index in [2.05, 4.69) is 15.0 Å². The van der Waals surface area contributed by atoms with E-state index in [1.54, 1.807) is 24.3 Å². The van der Waals surface area contributed by atoms with Gasteiger partial charge in [0.2, 0.25) is 0 Å². The van der Waals surface area contributed by atoms with Crippen molar-refractivity contribution in [2.45, 2.75) is 6.61 Å². The quantitative estimate of drug-likeness (QED) is 0.438. The Balaban J connectivity index is 1.88. The minimum absolute atomic E-state index is 0.00499. The molecule has 0 saturated heterocycles. The number of aromatic nitrogens is 3. The Morgan fingerprint density at radius 1 is 0.800 bits per heavy atom. The summed E-state index contributed by atoms with van der Waals surface area (Å²) in [6, 6.07) is 19.5. The smallest absolute Gasteiger partial charge is 0.167 e. The normalized spacial score (nSPS) is 10.7. The third-order valence-corrected chi connectivity index (χ3v) is 4.64. The lowest BCUT2D eigenvalue weighted by molar-refractivity contribution is 0.282. The minimum atomic E-state index is -0.0425. The van der Waals surface area contributed by atoms with Crippen molar-refractivity contribution >= 4 is 5.69 Å². The molecule has 0 saturated carbocycles. The average Bonchev–Trinajstić information content (AvgIpc) is 2.79. The van der Waals surface area contributed by atoms with E-state index in [0.29, 0.717) is 34.5 Å². The van der Waals surface area contributed by atoms with Gasteiger partial charge < -0.3 is 20.7 Å². The molecule has 0 fully saturated rings. The number of phenols is 1. The van der Waals surface area contributed by atoms with Crippen molar-refractivity contribution in [2.24, 2.45) is 0 Å². The minimum Gasteiger partial charge on any atom is -0.507 e. The van der Waals surface area contributed by atoms with Crippen molar-refractivity contribution in [3.63, 3.8) is 0 Å². The summed E-state index contributed by atoms with van der Waals surface area (Å²) in [6.07, 6.45) is 0. The zero-order valence-corrected chi connectivity index (χ0v) is 16.3. The maximum atomic E-state index is 10.5. The van der Waals surface area contributed by atoms with Crippen LogP contribution in [0.25, 0.3) is 34.2 Å². The second-order valence-corrected chi connectivity index (χ2v) is 6.67. The van der Waals surface area contributed by atoms with Crippen molar-refractivity contribution in [1.82, 2.24) is 15.0 Å². The van der Waals surface area contributed by atoms with Gasteiger partial charge in [-0.3, -0.25) is 0 Å². The van der Waals surface area contributed by atoms with E-state index in [0.717, 1.165) is 16.7 Å². The molecule has 1 heterocycles. The van der Waals surface area contributed by atoms with Gasteiger partial charge in [-0.15, -0.1) is 0 Å². The molecular formula is C23H20N4O3. The van der Waals surface area contributed by atoms with Gasteiger partial charge in [0.15, 0.2) is 17.5 Å². The number of hydrogen-bond acceptors (Lipinski definition) is 7. The van der Waals surface area contributed by atoms with Crippen LogP contribution in [0.2, 0.25) is 0 Å². The second-order valence-electron chi connectivity index (χ2n) is 6.67. The van der Waals surface area contributed by atoms with Gasteiger partial charge in [0.1, 0.15) is 11.5 Å². The number of methoxy groups -OCH3 is 1. The van der Waals surface area contributed by atoms with E-state index in [1.807, 2.05) is 36.4 Å². The largest absolute Gasteiger partial charge is 0.507 e. The van der Waals surface area contributed by atoms with Gasteiger partial charge in [0.25, 0.3) is 0 Å². The third kappa shape index (κ3) is 3.92. The fourth-order valence-corrected chi connectivity index (χ4v) is 2.97. The SMILES string of the molecule is COc1ccc(-c2nc(-c3ccc(N)cc3)nc(-c3ccc(CO)cc3)n2)c(O)c1. The molecule has 3 aromatic carbocycles. The number of ether oxygens (including phenoxy) is 1. The van der Waals surface area contributed by atoms with Gasteiger partial charge in [0, 0.05) is 22.9 Å². The molecule has 4 rings (SSSR count). The molecule has 0 amide bonds. The van der Waals surface area contributed by atoms with Crippen molar-refractivity contribution in [1.29, 1.82) is 0 Å². The molecule has 0 aliphatic carbocycles. The maximum Gasteiger partial charge on any atom is 0.167 e. The number of nitrogens with two attached hydrogens (primary N) is 1. The van der Waals surface area contributed by atoms with Crippen molar-refractivity contribution in [2.75, 3.05) is 12.8 Å². The summed E-state index contributed by atoms with van der Waals surface area (Å²) in [5.74, 6) is 1.77. The highest BCUT2D eigenvalue weighted by Gasteiger charge is 2.15.